The van der Waals surface area contributed by atoms with E-state index in [0.29, 0.717) is 5.89 Å². The maximum absolute atomic E-state index is 10.6. The fourth-order valence-electron chi connectivity index (χ4n) is 0.911. The van der Waals surface area contributed by atoms with E-state index >= 15 is 0 Å². The summed E-state index contributed by atoms with van der Waals surface area (Å²) in [6.45, 7) is 0. The first-order valence-corrected chi connectivity index (χ1v) is 4.67. The summed E-state index contributed by atoms with van der Waals surface area (Å²) in [6.07, 6.45) is 6.82. The van der Waals surface area contributed by atoms with Crippen LogP contribution in [0.25, 0.3) is 12.2 Å². The van der Waals surface area contributed by atoms with Crippen LogP contribution in [0.3, 0.4) is 0 Å². The summed E-state index contributed by atoms with van der Waals surface area (Å²) in [4.78, 5) is 14.2. The minimum atomic E-state index is -0.393. The first kappa shape index (κ1) is 8.83. The highest BCUT2D eigenvalue weighted by Gasteiger charge is 1.95. The maximum atomic E-state index is 10.6. The molecule has 0 atom stereocenters. The van der Waals surface area contributed by atoms with Crippen LogP contribution in [0.2, 0.25) is 0 Å². The minimum absolute atomic E-state index is 0.323. The zero-order valence-corrected chi connectivity index (χ0v) is 7.90. The molecule has 0 radical (unpaired) electrons. The SMILES string of the molecule is O=c1oc(/C=C/c2cccnc2)ns1. The predicted molar refractivity (Wildman–Crippen MR) is 53.8 cm³/mol. The molecule has 0 aliphatic heterocycles. The molecule has 0 saturated heterocycles. The van der Waals surface area contributed by atoms with Gasteiger partial charge in [0.05, 0.1) is 11.5 Å². The van der Waals surface area contributed by atoms with Gasteiger partial charge >= 0.3 is 4.94 Å². The molecular weight excluding hydrogens is 200 g/mol. The van der Waals surface area contributed by atoms with Crippen molar-refractivity contribution in [2.24, 2.45) is 0 Å². The first-order chi connectivity index (χ1) is 6.84. The molecule has 0 aliphatic rings. The third-order valence-corrected chi connectivity index (χ3v) is 2.00. The molecular formula is C9H6N2O2S. The van der Waals surface area contributed by atoms with Crippen LogP contribution >= 0.6 is 11.5 Å². The van der Waals surface area contributed by atoms with Crippen LogP contribution in [-0.2, 0) is 0 Å². The van der Waals surface area contributed by atoms with E-state index in [1.165, 1.54) is 0 Å². The average Bonchev–Trinajstić information content (AvgIpc) is 2.63. The highest BCUT2D eigenvalue weighted by molar-refractivity contribution is 7.02. The number of pyridine rings is 1. The molecule has 14 heavy (non-hydrogen) atoms. The Balaban J connectivity index is 2.19. The van der Waals surface area contributed by atoms with E-state index in [9.17, 15) is 4.79 Å². The van der Waals surface area contributed by atoms with Crippen molar-refractivity contribution in [2.75, 3.05) is 0 Å². The third-order valence-electron chi connectivity index (χ3n) is 1.50. The Morgan fingerprint density at radius 3 is 3.00 bits per heavy atom. The molecule has 5 heteroatoms. The molecule has 0 spiro atoms. The molecule has 0 aliphatic carbocycles. The summed E-state index contributed by atoms with van der Waals surface area (Å²) in [5.74, 6) is 0.323. The van der Waals surface area contributed by atoms with E-state index in [1.54, 1.807) is 24.5 Å². The van der Waals surface area contributed by atoms with Gasteiger partial charge in [-0.15, -0.1) is 4.37 Å². The van der Waals surface area contributed by atoms with Gasteiger partial charge in [-0.25, -0.2) is 4.79 Å². The molecule has 0 fully saturated rings. The van der Waals surface area contributed by atoms with Gasteiger partial charge < -0.3 is 4.42 Å². The van der Waals surface area contributed by atoms with Crippen molar-refractivity contribution in [3.05, 3.63) is 45.7 Å². The van der Waals surface area contributed by atoms with Gasteiger partial charge in [0.15, 0.2) is 0 Å². The summed E-state index contributed by atoms with van der Waals surface area (Å²) < 4.78 is 8.54. The normalized spacial score (nSPS) is 10.9. The standard InChI is InChI=1S/C9H6N2O2S/c12-9-13-8(11-14-9)4-3-7-2-1-5-10-6-7/h1-6H/b4-3+. The quantitative estimate of drug-likeness (QED) is 0.749. The molecule has 0 aromatic carbocycles. The fraction of sp³-hybridized carbons (Fsp3) is 0. The second-order valence-electron chi connectivity index (χ2n) is 2.49. The second kappa shape index (κ2) is 3.97. The Kier molecular flexibility index (Phi) is 2.51. The molecule has 0 saturated carbocycles. The molecule has 2 aromatic rings. The number of aromatic nitrogens is 2. The van der Waals surface area contributed by atoms with Crippen LogP contribution in [0, 0.1) is 0 Å². The lowest BCUT2D eigenvalue weighted by atomic mass is 10.2. The topological polar surface area (TPSA) is 56.0 Å². The summed E-state index contributed by atoms with van der Waals surface area (Å²) >= 11 is 0.800. The highest BCUT2D eigenvalue weighted by atomic mass is 32.1. The van der Waals surface area contributed by atoms with Gasteiger partial charge in [-0.2, -0.15) is 0 Å². The Labute approximate surface area is 83.7 Å². The number of rotatable bonds is 2. The van der Waals surface area contributed by atoms with E-state index in [4.69, 9.17) is 4.42 Å². The van der Waals surface area contributed by atoms with Crippen LogP contribution in [0.4, 0.5) is 0 Å². The molecule has 70 valence electrons. The molecule has 2 rings (SSSR count). The Morgan fingerprint density at radius 2 is 2.36 bits per heavy atom. The largest absolute Gasteiger partial charge is 0.414 e. The van der Waals surface area contributed by atoms with E-state index in [-0.39, 0.29) is 0 Å². The van der Waals surface area contributed by atoms with Gasteiger partial charge in [-0.3, -0.25) is 4.98 Å². The second-order valence-corrected chi connectivity index (χ2v) is 3.19. The average molecular weight is 206 g/mol. The Morgan fingerprint density at radius 1 is 1.43 bits per heavy atom. The summed E-state index contributed by atoms with van der Waals surface area (Å²) in [7, 11) is 0. The minimum Gasteiger partial charge on any atom is -0.395 e. The van der Waals surface area contributed by atoms with Gasteiger partial charge in [0, 0.05) is 18.5 Å². The molecule has 2 aromatic heterocycles. The molecule has 2 heterocycles. The molecule has 0 bridgehead atoms. The van der Waals surface area contributed by atoms with Crippen LogP contribution in [0.5, 0.6) is 0 Å². The lowest BCUT2D eigenvalue weighted by molar-refractivity contribution is 0.516. The first-order valence-electron chi connectivity index (χ1n) is 3.89. The molecule has 0 N–H and O–H groups in total. The van der Waals surface area contributed by atoms with E-state index in [2.05, 4.69) is 9.36 Å². The van der Waals surface area contributed by atoms with Crippen LogP contribution in [-0.4, -0.2) is 9.36 Å². The molecule has 0 amide bonds. The summed E-state index contributed by atoms with van der Waals surface area (Å²) in [5, 5.41) is 0. The zero-order valence-electron chi connectivity index (χ0n) is 7.08. The maximum Gasteiger partial charge on any atom is 0.414 e. The predicted octanol–water partition coefficient (Wildman–Crippen LogP) is 1.66. The molecule has 4 nitrogen and oxygen atoms in total. The van der Waals surface area contributed by atoms with Crippen molar-refractivity contribution in [1.29, 1.82) is 0 Å². The summed E-state index contributed by atoms with van der Waals surface area (Å²) in [6, 6.07) is 3.73. The number of hydrogen-bond donors (Lipinski definition) is 0. The van der Waals surface area contributed by atoms with E-state index < -0.39 is 4.94 Å². The van der Waals surface area contributed by atoms with Gasteiger partial charge in [0.1, 0.15) is 0 Å². The van der Waals surface area contributed by atoms with Crippen LogP contribution in [0.15, 0.2) is 33.7 Å². The van der Waals surface area contributed by atoms with Crippen LogP contribution in [0.1, 0.15) is 11.5 Å². The lowest BCUT2D eigenvalue weighted by Gasteiger charge is -1.87. The monoisotopic (exact) mass is 206 g/mol. The number of hydrogen-bond acceptors (Lipinski definition) is 5. The van der Waals surface area contributed by atoms with Gasteiger partial charge in [-0.05, 0) is 17.7 Å². The van der Waals surface area contributed by atoms with Crippen molar-refractivity contribution in [1.82, 2.24) is 9.36 Å². The van der Waals surface area contributed by atoms with E-state index in [0.717, 1.165) is 17.1 Å². The summed E-state index contributed by atoms with van der Waals surface area (Å²) in [5.41, 5.74) is 0.933. The number of nitrogens with zero attached hydrogens (tertiary/aromatic N) is 2. The van der Waals surface area contributed by atoms with Gasteiger partial charge in [-0.1, -0.05) is 6.07 Å². The van der Waals surface area contributed by atoms with Gasteiger partial charge in [0.2, 0.25) is 5.89 Å². The van der Waals surface area contributed by atoms with Crippen molar-refractivity contribution in [3.63, 3.8) is 0 Å². The van der Waals surface area contributed by atoms with Crippen LogP contribution < -0.4 is 4.94 Å². The zero-order chi connectivity index (χ0) is 9.80. The fourth-order valence-corrected chi connectivity index (χ4v) is 1.30. The van der Waals surface area contributed by atoms with E-state index in [1.807, 2.05) is 12.1 Å². The van der Waals surface area contributed by atoms with Gasteiger partial charge in [0.25, 0.3) is 0 Å². The third kappa shape index (κ3) is 2.14. The smallest absolute Gasteiger partial charge is 0.395 e. The Hall–Kier alpha value is -1.75. The molecule has 0 unspecified atom stereocenters. The van der Waals surface area contributed by atoms with Crippen molar-refractivity contribution >= 4 is 23.7 Å². The van der Waals surface area contributed by atoms with Crippen molar-refractivity contribution in [2.45, 2.75) is 0 Å². The van der Waals surface area contributed by atoms with Crippen molar-refractivity contribution in [3.8, 4) is 0 Å². The van der Waals surface area contributed by atoms with Crippen molar-refractivity contribution < 1.29 is 4.42 Å². The highest BCUT2D eigenvalue weighted by Crippen LogP contribution is 2.03. The lowest BCUT2D eigenvalue weighted by Crippen LogP contribution is -1.80. The Bertz CT molecular complexity index is 487.